The maximum absolute atomic E-state index is 10.5. The maximum atomic E-state index is 10.5. The van der Waals surface area contributed by atoms with Crippen LogP contribution in [0.5, 0.6) is 0 Å². The Hall–Kier alpha value is 0.443. The second kappa shape index (κ2) is 9.44. The fraction of sp³-hybridized carbons (Fsp3) is 0.667. The van der Waals surface area contributed by atoms with Crippen LogP contribution in [0.3, 0.4) is 0 Å². The molecule has 0 aliphatic heterocycles. The molecule has 10 heavy (non-hydrogen) atoms. The Balaban J connectivity index is -0.000000245. The zero-order chi connectivity index (χ0) is 6.57. The van der Waals surface area contributed by atoms with Gasteiger partial charge in [0, 0.05) is 25.1 Å². The van der Waals surface area contributed by atoms with E-state index in [1.54, 1.807) is 20.8 Å². The fourth-order valence-electron chi connectivity index (χ4n) is 0.275. The van der Waals surface area contributed by atoms with Crippen LogP contribution in [0.25, 0.3) is 0 Å². The molecule has 0 aromatic rings. The summed E-state index contributed by atoms with van der Waals surface area (Å²) in [4.78, 5) is 0. The second-order valence-corrected chi connectivity index (χ2v) is 1.72. The van der Waals surface area contributed by atoms with Crippen molar-refractivity contribution in [3.05, 3.63) is 11.5 Å². The van der Waals surface area contributed by atoms with Gasteiger partial charge in [0.2, 0.25) is 0 Å². The first-order valence-electron chi connectivity index (χ1n) is 2.65. The van der Waals surface area contributed by atoms with Crippen LogP contribution in [-0.4, -0.2) is 6.61 Å². The van der Waals surface area contributed by atoms with E-state index >= 15 is 0 Å². The molecule has 0 fully saturated rings. The summed E-state index contributed by atoms with van der Waals surface area (Å²) in [6.07, 6.45) is 0. The van der Waals surface area contributed by atoms with Crippen molar-refractivity contribution in [3.8, 4) is 0 Å². The second-order valence-electron chi connectivity index (χ2n) is 1.72. The molecule has 0 saturated heterocycles. The summed E-state index contributed by atoms with van der Waals surface area (Å²) in [5.41, 5.74) is 0.701. The largest absolute Gasteiger partial charge is 1.00 e. The molecule has 2 nitrogen and oxygen atoms in total. The van der Waals surface area contributed by atoms with Crippen LogP contribution in [0.1, 0.15) is 20.8 Å². The Bertz CT molecular complexity index is 99.9. The van der Waals surface area contributed by atoms with Crippen molar-refractivity contribution in [1.82, 2.24) is 0 Å². The minimum Gasteiger partial charge on any atom is -1.00 e. The Morgan fingerprint density at radius 1 is 1.40 bits per heavy atom. The Kier molecular flexibility index (Phi) is 15.9. The molecule has 0 saturated carbocycles. The molecule has 0 spiro atoms. The van der Waals surface area contributed by atoms with Gasteiger partial charge in [0.05, 0.1) is 6.61 Å². The summed E-state index contributed by atoms with van der Waals surface area (Å²) in [6, 6.07) is 0. The van der Waals surface area contributed by atoms with Crippen LogP contribution in [0, 0.1) is 0 Å². The number of ether oxygens (including phenoxy) is 1. The Morgan fingerprint density at radius 2 is 1.80 bits per heavy atom. The van der Waals surface area contributed by atoms with E-state index in [0.29, 0.717) is 12.2 Å². The molecular weight excluding hydrogens is 249 g/mol. The molecule has 0 atom stereocenters. The van der Waals surface area contributed by atoms with Gasteiger partial charge in [-0.15, -0.1) is 0 Å². The molecular formula is C6H11BrO2Zn-. The van der Waals surface area contributed by atoms with Gasteiger partial charge in [-0.05, 0) is 20.8 Å². The smallest absolute Gasteiger partial charge is 0.329 e. The molecule has 0 aromatic carbocycles. The van der Waals surface area contributed by atoms with Gasteiger partial charge in [0.1, 0.15) is 0 Å². The van der Waals surface area contributed by atoms with Gasteiger partial charge in [-0.1, -0.05) is 0 Å². The zero-order valence-corrected chi connectivity index (χ0v) is 11.2. The van der Waals surface area contributed by atoms with E-state index in [-0.39, 0.29) is 42.4 Å². The molecule has 0 rings (SSSR count). The van der Waals surface area contributed by atoms with Crippen LogP contribution in [0.15, 0.2) is 11.5 Å². The first-order chi connectivity index (χ1) is 3.68. The molecule has 0 bridgehead atoms. The predicted octanol–water partition coefficient (Wildman–Crippen LogP) is -1.29. The first kappa shape index (κ1) is 16.8. The van der Waals surface area contributed by atoms with E-state index < -0.39 is 0 Å². The van der Waals surface area contributed by atoms with Crippen LogP contribution >= 0.6 is 0 Å². The van der Waals surface area contributed by atoms with E-state index in [2.05, 4.69) is 4.74 Å². The van der Waals surface area contributed by atoms with Crippen molar-refractivity contribution in [2.45, 2.75) is 20.8 Å². The topological polar surface area (TPSA) is 29.1 Å². The molecule has 0 amide bonds. The minimum absolute atomic E-state index is 0. The Labute approximate surface area is 85.2 Å². The van der Waals surface area contributed by atoms with E-state index in [0.717, 1.165) is 0 Å². The summed E-state index contributed by atoms with van der Waals surface area (Å²) >= 11 is 0. The van der Waals surface area contributed by atoms with Gasteiger partial charge in [-0.25, -0.2) is 5.11 Å². The van der Waals surface area contributed by atoms with Crippen molar-refractivity contribution in [2.75, 3.05) is 6.61 Å². The number of halogens is 1. The van der Waals surface area contributed by atoms with Gasteiger partial charge >= 0.3 is 5.95 Å². The SMILES string of the molecule is CCOC([O])=C(C)C.[Br-].[Zn]. The Morgan fingerprint density at radius 3 is 1.90 bits per heavy atom. The summed E-state index contributed by atoms with van der Waals surface area (Å²) in [5, 5.41) is 10.5. The minimum atomic E-state index is -0.201. The van der Waals surface area contributed by atoms with Crippen molar-refractivity contribution in [2.24, 2.45) is 0 Å². The predicted molar refractivity (Wildman–Crippen MR) is 30.7 cm³/mol. The molecule has 1 radical (unpaired) electrons. The van der Waals surface area contributed by atoms with Gasteiger partial charge < -0.3 is 21.7 Å². The summed E-state index contributed by atoms with van der Waals surface area (Å²) in [7, 11) is 0. The molecule has 0 aliphatic rings. The summed E-state index contributed by atoms with van der Waals surface area (Å²) < 4.78 is 4.63. The third-order valence-electron chi connectivity index (χ3n) is 0.684. The van der Waals surface area contributed by atoms with Crippen LogP contribution in [-0.2, 0) is 29.3 Å². The number of hydrogen-bond donors (Lipinski definition) is 0. The number of hydrogen-bond acceptors (Lipinski definition) is 1. The average Bonchev–Trinajstić information content (AvgIpc) is 1.67. The fourth-order valence-corrected chi connectivity index (χ4v) is 0.275. The van der Waals surface area contributed by atoms with Crippen LogP contribution in [0.2, 0.25) is 0 Å². The quantitative estimate of drug-likeness (QED) is 0.448. The summed E-state index contributed by atoms with van der Waals surface area (Å²) in [5.74, 6) is -0.201. The third-order valence-corrected chi connectivity index (χ3v) is 0.684. The van der Waals surface area contributed by atoms with Crippen molar-refractivity contribution >= 4 is 0 Å². The molecule has 0 heterocycles. The standard InChI is InChI=1S/C6H11O2.BrH.Zn/c1-4-8-6(7)5(2)3;;/h4H2,1-3H3;1H;/p-1. The number of allylic oxidation sites excluding steroid dienone is 1. The summed E-state index contributed by atoms with van der Waals surface area (Å²) in [6.45, 7) is 5.72. The van der Waals surface area contributed by atoms with Crippen LogP contribution < -0.4 is 17.0 Å². The maximum Gasteiger partial charge on any atom is 0.329 e. The molecule has 57 valence electrons. The first-order valence-corrected chi connectivity index (χ1v) is 2.65. The van der Waals surface area contributed by atoms with E-state index in [4.69, 9.17) is 0 Å². The monoisotopic (exact) mass is 258 g/mol. The molecule has 0 N–H and O–H groups in total. The van der Waals surface area contributed by atoms with Crippen molar-refractivity contribution in [3.63, 3.8) is 0 Å². The zero-order valence-electron chi connectivity index (χ0n) is 6.61. The van der Waals surface area contributed by atoms with E-state index in [1.165, 1.54) is 0 Å². The third kappa shape index (κ3) is 8.44. The normalized spacial score (nSPS) is 6.70. The average molecular weight is 260 g/mol. The molecule has 4 heteroatoms. The molecule has 0 aliphatic carbocycles. The van der Waals surface area contributed by atoms with Crippen molar-refractivity contribution in [1.29, 1.82) is 0 Å². The van der Waals surface area contributed by atoms with E-state index in [9.17, 15) is 5.11 Å². The molecule has 0 unspecified atom stereocenters. The van der Waals surface area contributed by atoms with Crippen LogP contribution in [0.4, 0.5) is 0 Å². The van der Waals surface area contributed by atoms with E-state index in [1.807, 2.05) is 0 Å². The molecule has 0 aromatic heterocycles. The van der Waals surface area contributed by atoms with Gasteiger partial charge in [-0.2, -0.15) is 0 Å². The van der Waals surface area contributed by atoms with Gasteiger partial charge in [-0.3, -0.25) is 0 Å². The number of rotatable bonds is 2. The van der Waals surface area contributed by atoms with Crippen molar-refractivity contribution < 1.29 is 46.3 Å². The van der Waals surface area contributed by atoms with Gasteiger partial charge in [0.25, 0.3) is 0 Å². The van der Waals surface area contributed by atoms with Gasteiger partial charge in [0.15, 0.2) is 0 Å².